The van der Waals surface area contributed by atoms with Gasteiger partial charge < -0.3 is 5.32 Å². The van der Waals surface area contributed by atoms with E-state index in [1.807, 2.05) is 24.3 Å². The number of para-hydroxylation sites is 1. The van der Waals surface area contributed by atoms with Crippen LogP contribution in [0.2, 0.25) is 0 Å². The van der Waals surface area contributed by atoms with E-state index in [-0.39, 0.29) is 0 Å². The molecule has 2 aromatic heterocycles. The third-order valence-electron chi connectivity index (χ3n) is 3.18. The van der Waals surface area contributed by atoms with Gasteiger partial charge in [-0.25, -0.2) is 4.98 Å². The Hall–Kier alpha value is -1.85. The Kier molecular flexibility index (Phi) is 4.22. The summed E-state index contributed by atoms with van der Waals surface area (Å²) in [6.45, 7) is 5.21. The van der Waals surface area contributed by atoms with Crippen LogP contribution < -0.4 is 5.32 Å². The van der Waals surface area contributed by atoms with E-state index in [2.05, 4.69) is 46.5 Å². The summed E-state index contributed by atoms with van der Waals surface area (Å²) < 4.78 is 0. The summed E-state index contributed by atoms with van der Waals surface area (Å²) in [6, 6.07) is 12.7. The van der Waals surface area contributed by atoms with Crippen molar-refractivity contribution in [3.8, 4) is 10.7 Å². The van der Waals surface area contributed by atoms with E-state index >= 15 is 0 Å². The van der Waals surface area contributed by atoms with Gasteiger partial charge in [-0.2, -0.15) is 0 Å². The lowest BCUT2D eigenvalue weighted by atomic mass is 10.2. The molecule has 0 aliphatic heterocycles. The minimum Gasteiger partial charge on any atom is -0.314 e. The lowest BCUT2D eigenvalue weighted by Crippen LogP contribution is -2.24. The molecule has 0 radical (unpaired) electrons. The predicted octanol–water partition coefficient (Wildman–Crippen LogP) is 3.29. The Labute approximate surface area is 128 Å². The second-order valence-corrected chi connectivity index (χ2v) is 6.31. The molecule has 0 aliphatic carbocycles. The summed E-state index contributed by atoms with van der Waals surface area (Å²) in [4.78, 5) is 4.66. The standard InChI is InChI=1S/C16H18N4S/c1-11(2)17-10-9-15-19-20-16(21-15)14-8-7-12-5-3-4-6-13(12)18-14/h3-8,11,17H,9-10H2,1-2H3. The van der Waals surface area contributed by atoms with Crippen LogP contribution in [0.4, 0.5) is 0 Å². The summed E-state index contributed by atoms with van der Waals surface area (Å²) in [5.41, 5.74) is 1.89. The largest absolute Gasteiger partial charge is 0.314 e. The van der Waals surface area contributed by atoms with Crippen molar-refractivity contribution in [2.45, 2.75) is 26.3 Å². The van der Waals surface area contributed by atoms with Gasteiger partial charge in [0, 0.05) is 24.4 Å². The van der Waals surface area contributed by atoms with Crippen molar-refractivity contribution in [3.05, 3.63) is 41.4 Å². The molecular formula is C16H18N4S. The molecule has 0 saturated carbocycles. The maximum atomic E-state index is 4.66. The number of fused-ring (bicyclic) bond motifs is 1. The molecule has 2 heterocycles. The van der Waals surface area contributed by atoms with Crippen LogP contribution in [-0.2, 0) is 6.42 Å². The van der Waals surface area contributed by atoms with Gasteiger partial charge >= 0.3 is 0 Å². The fraction of sp³-hybridized carbons (Fsp3) is 0.312. The van der Waals surface area contributed by atoms with Gasteiger partial charge in [0.15, 0.2) is 5.01 Å². The lowest BCUT2D eigenvalue weighted by molar-refractivity contribution is 0.588. The Bertz CT molecular complexity index is 736. The zero-order valence-electron chi connectivity index (χ0n) is 12.2. The molecule has 0 unspecified atom stereocenters. The summed E-state index contributed by atoms with van der Waals surface area (Å²) in [5, 5.41) is 15.0. The Balaban J connectivity index is 1.77. The molecule has 0 spiro atoms. The smallest absolute Gasteiger partial charge is 0.166 e. The minimum absolute atomic E-state index is 0.500. The van der Waals surface area contributed by atoms with Crippen LogP contribution in [-0.4, -0.2) is 27.8 Å². The van der Waals surface area contributed by atoms with E-state index in [1.54, 1.807) is 11.3 Å². The van der Waals surface area contributed by atoms with Crippen molar-refractivity contribution < 1.29 is 0 Å². The van der Waals surface area contributed by atoms with E-state index in [0.717, 1.165) is 39.6 Å². The van der Waals surface area contributed by atoms with Crippen LogP contribution in [0, 0.1) is 0 Å². The average molecular weight is 298 g/mol. The molecule has 0 atom stereocenters. The van der Waals surface area contributed by atoms with Crippen molar-refractivity contribution >= 4 is 22.2 Å². The molecule has 1 N–H and O–H groups in total. The highest BCUT2D eigenvalue weighted by atomic mass is 32.1. The van der Waals surface area contributed by atoms with E-state index < -0.39 is 0 Å². The Morgan fingerprint density at radius 2 is 1.95 bits per heavy atom. The first-order valence-electron chi connectivity index (χ1n) is 7.14. The number of aromatic nitrogens is 3. The Morgan fingerprint density at radius 1 is 1.10 bits per heavy atom. The Morgan fingerprint density at radius 3 is 2.81 bits per heavy atom. The van der Waals surface area contributed by atoms with Crippen molar-refractivity contribution in [3.63, 3.8) is 0 Å². The van der Waals surface area contributed by atoms with Gasteiger partial charge in [-0.1, -0.05) is 49.4 Å². The van der Waals surface area contributed by atoms with Crippen LogP contribution in [0.1, 0.15) is 18.9 Å². The number of pyridine rings is 1. The molecule has 4 nitrogen and oxygen atoms in total. The van der Waals surface area contributed by atoms with E-state index in [0.29, 0.717) is 6.04 Å². The van der Waals surface area contributed by atoms with Crippen LogP contribution in [0.5, 0.6) is 0 Å². The van der Waals surface area contributed by atoms with Crippen LogP contribution >= 0.6 is 11.3 Å². The summed E-state index contributed by atoms with van der Waals surface area (Å²) in [6.07, 6.45) is 0.906. The number of hydrogen-bond donors (Lipinski definition) is 1. The molecule has 3 rings (SSSR count). The molecule has 0 aliphatic rings. The molecule has 0 bridgehead atoms. The maximum absolute atomic E-state index is 4.66. The van der Waals surface area contributed by atoms with E-state index in [1.165, 1.54) is 0 Å². The van der Waals surface area contributed by atoms with Gasteiger partial charge in [-0.15, -0.1) is 10.2 Å². The first kappa shape index (κ1) is 14.1. The molecule has 3 aromatic rings. The van der Waals surface area contributed by atoms with E-state index in [4.69, 9.17) is 0 Å². The second-order valence-electron chi connectivity index (χ2n) is 5.25. The normalized spacial score (nSPS) is 11.4. The third-order valence-corrected chi connectivity index (χ3v) is 4.18. The summed E-state index contributed by atoms with van der Waals surface area (Å²) in [7, 11) is 0. The molecule has 21 heavy (non-hydrogen) atoms. The third kappa shape index (κ3) is 3.43. The SMILES string of the molecule is CC(C)NCCc1nnc(-c2ccc3ccccc3n2)s1. The van der Waals surface area contributed by atoms with Crippen molar-refractivity contribution in [1.29, 1.82) is 0 Å². The number of benzene rings is 1. The molecular weight excluding hydrogens is 280 g/mol. The molecule has 5 heteroatoms. The minimum atomic E-state index is 0.500. The molecule has 1 aromatic carbocycles. The first-order chi connectivity index (χ1) is 10.2. The van der Waals surface area contributed by atoms with E-state index in [9.17, 15) is 0 Å². The predicted molar refractivity (Wildman–Crippen MR) is 87.5 cm³/mol. The second kappa shape index (κ2) is 6.28. The molecule has 108 valence electrons. The van der Waals surface area contributed by atoms with Gasteiger partial charge in [0.05, 0.1) is 5.52 Å². The van der Waals surface area contributed by atoms with Gasteiger partial charge in [-0.3, -0.25) is 0 Å². The summed E-state index contributed by atoms with van der Waals surface area (Å²) >= 11 is 1.62. The zero-order chi connectivity index (χ0) is 14.7. The molecule has 0 fully saturated rings. The fourth-order valence-electron chi connectivity index (χ4n) is 2.11. The highest BCUT2D eigenvalue weighted by molar-refractivity contribution is 7.14. The highest BCUT2D eigenvalue weighted by Gasteiger charge is 2.08. The summed E-state index contributed by atoms with van der Waals surface area (Å²) in [5.74, 6) is 0. The fourth-order valence-corrected chi connectivity index (χ4v) is 2.92. The van der Waals surface area contributed by atoms with Gasteiger partial charge in [0.2, 0.25) is 0 Å². The van der Waals surface area contributed by atoms with Gasteiger partial charge in [-0.05, 0) is 12.1 Å². The molecule has 0 amide bonds. The highest BCUT2D eigenvalue weighted by Crippen LogP contribution is 2.24. The first-order valence-corrected chi connectivity index (χ1v) is 7.96. The quantitative estimate of drug-likeness (QED) is 0.785. The van der Waals surface area contributed by atoms with Crippen molar-refractivity contribution in [1.82, 2.24) is 20.5 Å². The van der Waals surface area contributed by atoms with Crippen LogP contribution in [0.25, 0.3) is 21.6 Å². The number of hydrogen-bond acceptors (Lipinski definition) is 5. The number of rotatable bonds is 5. The number of nitrogens with zero attached hydrogens (tertiary/aromatic N) is 3. The van der Waals surface area contributed by atoms with Crippen molar-refractivity contribution in [2.75, 3.05) is 6.54 Å². The number of nitrogens with one attached hydrogen (secondary N) is 1. The average Bonchev–Trinajstić information content (AvgIpc) is 2.95. The lowest BCUT2D eigenvalue weighted by Gasteiger charge is -2.05. The molecule has 0 saturated heterocycles. The van der Waals surface area contributed by atoms with Gasteiger partial charge in [0.25, 0.3) is 0 Å². The monoisotopic (exact) mass is 298 g/mol. The maximum Gasteiger partial charge on any atom is 0.166 e. The van der Waals surface area contributed by atoms with Crippen molar-refractivity contribution in [2.24, 2.45) is 0 Å². The topological polar surface area (TPSA) is 50.7 Å². The van der Waals surface area contributed by atoms with Crippen LogP contribution in [0.15, 0.2) is 36.4 Å². The van der Waals surface area contributed by atoms with Gasteiger partial charge in [0.1, 0.15) is 10.7 Å². The van der Waals surface area contributed by atoms with Crippen LogP contribution in [0.3, 0.4) is 0 Å². The zero-order valence-corrected chi connectivity index (χ0v) is 13.0.